The van der Waals surface area contributed by atoms with Gasteiger partial charge in [0.05, 0.1) is 12.8 Å². The van der Waals surface area contributed by atoms with Crippen LogP contribution >= 0.6 is 0 Å². The summed E-state index contributed by atoms with van der Waals surface area (Å²) in [7, 11) is 2.02. The highest BCUT2D eigenvalue weighted by atomic mass is 16.3. The number of hydrogen-bond acceptors (Lipinski definition) is 3. The Hall–Kier alpha value is -2.69. The van der Waals surface area contributed by atoms with E-state index < -0.39 is 0 Å². The lowest BCUT2D eigenvalue weighted by molar-refractivity contribution is 0.412. The third-order valence-corrected chi connectivity index (χ3v) is 3.77. The molecule has 2 heterocycles. The van der Waals surface area contributed by atoms with Gasteiger partial charge in [0.2, 0.25) is 0 Å². The molecule has 0 aliphatic heterocycles. The molecular formula is C19H23N3O2. The van der Waals surface area contributed by atoms with Crippen molar-refractivity contribution < 1.29 is 8.83 Å². The van der Waals surface area contributed by atoms with Crippen molar-refractivity contribution in [2.45, 2.75) is 19.9 Å². The van der Waals surface area contributed by atoms with E-state index in [0.717, 1.165) is 41.4 Å². The fourth-order valence-electron chi connectivity index (χ4n) is 2.62. The van der Waals surface area contributed by atoms with E-state index in [-0.39, 0.29) is 0 Å². The predicted octanol–water partition coefficient (Wildman–Crippen LogP) is 3.67. The normalized spacial score (nSPS) is 11.8. The third kappa shape index (κ3) is 3.98. The van der Waals surface area contributed by atoms with Crippen LogP contribution < -0.4 is 5.32 Å². The molecule has 0 fully saturated rings. The molecule has 0 saturated carbocycles. The topological polar surface area (TPSA) is 53.9 Å². The van der Waals surface area contributed by atoms with Crippen molar-refractivity contribution in [2.24, 2.45) is 4.99 Å². The molecule has 126 valence electrons. The largest absolute Gasteiger partial charge is 0.469 e. The van der Waals surface area contributed by atoms with Gasteiger partial charge >= 0.3 is 0 Å². The smallest absolute Gasteiger partial charge is 0.194 e. The van der Waals surface area contributed by atoms with Crippen molar-refractivity contribution in [3.05, 3.63) is 60.2 Å². The molecular weight excluding hydrogens is 302 g/mol. The Morgan fingerprint density at radius 3 is 2.79 bits per heavy atom. The standard InChI is InChI=1S/C19H23N3O2/c1-3-20-19(21-11-10-16-8-6-12-23-16)22(2)14-17-13-15-7-4-5-9-18(15)24-17/h4-9,12-13H,3,10-11,14H2,1-2H3,(H,20,21). The van der Waals surface area contributed by atoms with Crippen molar-refractivity contribution in [3.8, 4) is 0 Å². The number of furan rings is 2. The fourth-order valence-corrected chi connectivity index (χ4v) is 2.62. The van der Waals surface area contributed by atoms with Gasteiger partial charge in [-0.05, 0) is 31.2 Å². The molecule has 2 aromatic heterocycles. The van der Waals surface area contributed by atoms with Gasteiger partial charge in [-0.25, -0.2) is 0 Å². The molecule has 0 unspecified atom stereocenters. The number of guanidine groups is 1. The molecule has 0 aliphatic rings. The van der Waals surface area contributed by atoms with E-state index in [1.807, 2.05) is 37.4 Å². The van der Waals surface area contributed by atoms with Gasteiger partial charge in [-0.3, -0.25) is 4.99 Å². The maximum absolute atomic E-state index is 5.89. The number of benzene rings is 1. The van der Waals surface area contributed by atoms with E-state index in [2.05, 4.69) is 34.3 Å². The van der Waals surface area contributed by atoms with Crippen molar-refractivity contribution in [3.63, 3.8) is 0 Å². The Labute approximate surface area is 142 Å². The number of nitrogens with zero attached hydrogens (tertiary/aromatic N) is 2. The molecule has 1 aromatic carbocycles. The maximum Gasteiger partial charge on any atom is 0.194 e. The highest BCUT2D eigenvalue weighted by Gasteiger charge is 2.10. The number of aliphatic imine (C=N–C) groups is 1. The summed E-state index contributed by atoms with van der Waals surface area (Å²) in [6.07, 6.45) is 2.48. The first kappa shape index (κ1) is 16.2. The molecule has 0 bridgehead atoms. The van der Waals surface area contributed by atoms with Crippen LogP contribution in [0.5, 0.6) is 0 Å². The van der Waals surface area contributed by atoms with Crippen LogP contribution in [0, 0.1) is 0 Å². The summed E-state index contributed by atoms with van der Waals surface area (Å²) in [5.74, 6) is 2.74. The second-order valence-electron chi connectivity index (χ2n) is 5.67. The van der Waals surface area contributed by atoms with E-state index in [1.165, 1.54) is 0 Å². The quantitative estimate of drug-likeness (QED) is 0.555. The summed E-state index contributed by atoms with van der Waals surface area (Å²) >= 11 is 0. The van der Waals surface area contributed by atoms with Crippen LogP contribution in [0.15, 0.2) is 62.6 Å². The van der Waals surface area contributed by atoms with Crippen LogP contribution in [-0.2, 0) is 13.0 Å². The van der Waals surface area contributed by atoms with Gasteiger partial charge in [0.25, 0.3) is 0 Å². The summed E-state index contributed by atoms with van der Waals surface area (Å²) in [6.45, 7) is 4.24. The molecule has 0 atom stereocenters. The van der Waals surface area contributed by atoms with Gasteiger partial charge in [-0.2, -0.15) is 0 Å². The van der Waals surface area contributed by atoms with E-state index in [9.17, 15) is 0 Å². The van der Waals surface area contributed by atoms with E-state index in [4.69, 9.17) is 8.83 Å². The van der Waals surface area contributed by atoms with Crippen LogP contribution in [0.1, 0.15) is 18.4 Å². The van der Waals surface area contributed by atoms with E-state index in [1.54, 1.807) is 6.26 Å². The van der Waals surface area contributed by atoms with Gasteiger partial charge in [0.1, 0.15) is 17.1 Å². The number of nitrogens with one attached hydrogen (secondary N) is 1. The summed E-state index contributed by atoms with van der Waals surface area (Å²) in [5.41, 5.74) is 0.917. The monoisotopic (exact) mass is 325 g/mol. The zero-order valence-corrected chi connectivity index (χ0v) is 14.2. The van der Waals surface area contributed by atoms with E-state index in [0.29, 0.717) is 13.1 Å². The molecule has 0 aliphatic carbocycles. The minimum absolute atomic E-state index is 0.668. The first-order valence-corrected chi connectivity index (χ1v) is 8.25. The average molecular weight is 325 g/mol. The minimum atomic E-state index is 0.668. The summed E-state index contributed by atoms with van der Waals surface area (Å²) in [4.78, 5) is 6.74. The fraction of sp³-hybridized carbons (Fsp3) is 0.316. The van der Waals surface area contributed by atoms with Gasteiger partial charge in [0, 0.05) is 31.9 Å². The number of fused-ring (bicyclic) bond motifs is 1. The van der Waals surface area contributed by atoms with Crippen LogP contribution in [0.4, 0.5) is 0 Å². The summed E-state index contributed by atoms with van der Waals surface area (Å²) in [6, 6.07) is 14.0. The summed E-state index contributed by atoms with van der Waals surface area (Å²) < 4.78 is 11.2. The zero-order chi connectivity index (χ0) is 16.8. The SMILES string of the molecule is CCNC(=NCCc1ccco1)N(C)Cc1cc2ccccc2o1. The third-order valence-electron chi connectivity index (χ3n) is 3.77. The Kier molecular flexibility index (Phi) is 5.21. The lowest BCUT2D eigenvalue weighted by atomic mass is 10.2. The molecule has 0 saturated heterocycles. The van der Waals surface area contributed by atoms with Crippen LogP contribution in [0.3, 0.4) is 0 Å². The van der Waals surface area contributed by atoms with Gasteiger partial charge < -0.3 is 19.1 Å². The minimum Gasteiger partial charge on any atom is -0.469 e. The van der Waals surface area contributed by atoms with Gasteiger partial charge in [-0.15, -0.1) is 0 Å². The Balaban J connectivity index is 1.65. The maximum atomic E-state index is 5.89. The Morgan fingerprint density at radius 1 is 1.17 bits per heavy atom. The Bertz CT molecular complexity index is 757. The van der Waals surface area contributed by atoms with Crippen LogP contribution in [0.2, 0.25) is 0 Å². The average Bonchev–Trinajstić information content (AvgIpc) is 3.22. The Morgan fingerprint density at radius 2 is 2.04 bits per heavy atom. The molecule has 1 N–H and O–H groups in total. The highest BCUT2D eigenvalue weighted by molar-refractivity contribution is 5.80. The molecule has 24 heavy (non-hydrogen) atoms. The van der Waals surface area contributed by atoms with Crippen molar-refractivity contribution in [1.82, 2.24) is 10.2 Å². The van der Waals surface area contributed by atoms with Gasteiger partial charge in [-0.1, -0.05) is 18.2 Å². The lowest BCUT2D eigenvalue weighted by Crippen LogP contribution is -2.38. The first-order valence-electron chi connectivity index (χ1n) is 8.25. The van der Waals surface area contributed by atoms with Crippen molar-refractivity contribution in [1.29, 1.82) is 0 Å². The van der Waals surface area contributed by atoms with Crippen LogP contribution in [-0.4, -0.2) is 31.0 Å². The van der Waals surface area contributed by atoms with Crippen LogP contribution in [0.25, 0.3) is 11.0 Å². The molecule has 5 nitrogen and oxygen atoms in total. The molecule has 5 heteroatoms. The number of para-hydroxylation sites is 1. The number of rotatable bonds is 6. The molecule has 3 aromatic rings. The molecule has 0 spiro atoms. The zero-order valence-electron chi connectivity index (χ0n) is 14.2. The lowest BCUT2D eigenvalue weighted by Gasteiger charge is -2.20. The number of hydrogen-bond donors (Lipinski definition) is 1. The second-order valence-corrected chi connectivity index (χ2v) is 5.67. The molecule has 3 rings (SSSR count). The molecule has 0 amide bonds. The summed E-state index contributed by atoms with van der Waals surface area (Å²) in [5, 5.41) is 4.45. The van der Waals surface area contributed by atoms with Crippen molar-refractivity contribution >= 4 is 16.9 Å². The van der Waals surface area contributed by atoms with Gasteiger partial charge in [0.15, 0.2) is 5.96 Å². The highest BCUT2D eigenvalue weighted by Crippen LogP contribution is 2.19. The van der Waals surface area contributed by atoms with Crippen molar-refractivity contribution in [2.75, 3.05) is 20.1 Å². The van der Waals surface area contributed by atoms with E-state index >= 15 is 0 Å². The first-order chi connectivity index (χ1) is 11.8. The predicted molar refractivity (Wildman–Crippen MR) is 96.1 cm³/mol. The second kappa shape index (κ2) is 7.73. The molecule has 0 radical (unpaired) electrons.